The van der Waals surface area contributed by atoms with E-state index in [1.54, 1.807) is 7.11 Å². The molecule has 0 bridgehead atoms. The predicted molar refractivity (Wildman–Crippen MR) is 96.0 cm³/mol. The highest BCUT2D eigenvalue weighted by atomic mass is 35.5. The normalized spacial score (nSPS) is 28.2. The fourth-order valence-corrected chi connectivity index (χ4v) is 5.07. The van der Waals surface area contributed by atoms with E-state index in [2.05, 4.69) is 41.2 Å². The fraction of sp³-hybridized carbons (Fsp3) is 0.450. The van der Waals surface area contributed by atoms with E-state index < -0.39 is 0 Å². The lowest BCUT2D eigenvalue weighted by atomic mass is 9.53. The lowest BCUT2D eigenvalue weighted by Crippen LogP contribution is -2.50. The molecule has 0 aliphatic heterocycles. The zero-order valence-corrected chi connectivity index (χ0v) is 15.2. The summed E-state index contributed by atoms with van der Waals surface area (Å²) < 4.78 is 5.50. The molecule has 1 fully saturated rings. The van der Waals surface area contributed by atoms with Crippen LogP contribution in [0.2, 0.25) is 5.28 Å². The minimum Gasteiger partial charge on any atom is -0.481 e. The number of methoxy groups -OCH3 is 1. The summed E-state index contributed by atoms with van der Waals surface area (Å²) in [5.41, 5.74) is 2.89. The molecule has 4 rings (SSSR count). The van der Waals surface area contributed by atoms with Crippen molar-refractivity contribution in [3.63, 3.8) is 0 Å². The van der Waals surface area contributed by atoms with Gasteiger partial charge in [0.15, 0.2) is 0 Å². The molecule has 25 heavy (non-hydrogen) atoms. The lowest BCUT2D eigenvalue weighted by molar-refractivity contribution is -0.128. The molecule has 0 saturated heterocycles. The summed E-state index contributed by atoms with van der Waals surface area (Å²) in [7, 11) is 1.62. The highest BCUT2D eigenvalue weighted by molar-refractivity contribution is 6.28. The van der Waals surface area contributed by atoms with Crippen molar-refractivity contribution >= 4 is 17.4 Å². The van der Waals surface area contributed by atoms with E-state index in [0.29, 0.717) is 18.1 Å². The summed E-state index contributed by atoms with van der Waals surface area (Å²) in [6.07, 6.45) is 3.06. The minimum atomic E-state index is -0.304. The molecule has 1 heterocycles. The van der Waals surface area contributed by atoms with Crippen molar-refractivity contribution in [3.8, 4) is 5.88 Å². The first-order chi connectivity index (χ1) is 12.1. The van der Waals surface area contributed by atoms with E-state index in [9.17, 15) is 4.79 Å². The first-order valence-electron chi connectivity index (χ1n) is 8.77. The summed E-state index contributed by atoms with van der Waals surface area (Å²) in [5, 5.41) is 0.205. The first-order valence-corrected chi connectivity index (χ1v) is 9.15. The molecule has 130 valence electrons. The maximum Gasteiger partial charge on any atom is 0.225 e. The van der Waals surface area contributed by atoms with E-state index in [1.807, 2.05) is 6.07 Å². The Morgan fingerprint density at radius 2 is 1.96 bits per heavy atom. The van der Waals surface area contributed by atoms with Crippen LogP contribution in [0.3, 0.4) is 0 Å². The standard InChI is InChI=1S/C20H21ClN2O2/c1-12-15-9-8-14-17(22-19(21)23-18(14)25-2)20(15,11-10-16(12)24)13-6-4-3-5-7-13/h3-7,12,15H,8-11H2,1-2H3/t12-,15-,20+/m0/s1. The van der Waals surface area contributed by atoms with Crippen LogP contribution in [0, 0.1) is 11.8 Å². The molecule has 1 aromatic carbocycles. The first kappa shape index (κ1) is 16.5. The van der Waals surface area contributed by atoms with Crippen LogP contribution in [0.1, 0.15) is 43.0 Å². The summed E-state index contributed by atoms with van der Waals surface area (Å²) >= 11 is 6.24. The number of Topliss-reactive ketones (excluding diaryl/α,β-unsaturated/α-hetero) is 1. The van der Waals surface area contributed by atoms with E-state index in [0.717, 1.165) is 30.5 Å². The van der Waals surface area contributed by atoms with Gasteiger partial charge in [-0.15, -0.1) is 0 Å². The Morgan fingerprint density at radius 1 is 1.20 bits per heavy atom. The largest absolute Gasteiger partial charge is 0.481 e. The molecular weight excluding hydrogens is 336 g/mol. The Labute approximate surface area is 152 Å². The molecular formula is C20H21ClN2O2. The van der Waals surface area contributed by atoms with E-state index in [-0.39, 0.29) is 22.5 Å². The van der Waals surface area contributed by atoms with Gasteiger partial charge in [-0.1, -0.05) is 37.3 Å². The second-order valence-electron chi connectivity index (χ2n) is 7.07. The second-order valence-corrected chi connectivity index (χ2v) is 7.40. The average Bonchev–Trinajstić information content (AvgIpc) is 2.64. The highest BCUT2D eigenvalue weighted by Gasteiger charge is 2.53. The summed E-state index contributed by atoms with van der Waals surface area (Å²) in [5.74, 6) is 1.15. The molecule has 1 aromatic heterocycles. The Morgan fingerprint density at radius 3 is 2.68 bits per heavy atom. The molecule has 0 unspecified atom stereocenters. The van der Waals surface area contributed by atoms with Crippen LogP contribution in [0.25, 0.3) is 0 Å². The van der Waals surface area contributed by atoms with Gasteiger partial charge in [-0.2, -0.15) is 4.98 Å². The van der Waals surface area contributed by atoms with E-state index >= 15 is 0 Å². The molecule has 0 amide bonds. The average molecular weight is 357 g/mol. The van der Waals surface area contributed by atoms with Gasteiger partial charge in [0, 0.05) is 23.3 Å². The maximum absolute atomic E-state index is 12.4. The van der Waals surface area contributed by atoms with Gasteiger partial charge in [-0.25, -0.2) is 4.98 Å². The number of aromatic nitrogens is 2. The van der Waals surface area contributed by atoms with Gasteiger partial charge in [0.1, 0.15) is 5.78 Å². The molecule has 3 atom stereocenters. The third kappa shape index (κ3) is 2.38. The third-order valence-electron chi connectivity index (χ3n) is 6.06. The Bertz CT molecular complexity index is 824. The molecule has 5 heteroatoms. The molecule has 2 aliphatic carbocycles. The molecule has 0 radical (unpaired) electrons. The SMILES string of the molecule is COc1nc(Cl)nc2c1CC[C@H]1[C@H](C)C(=O)CC[C@]21c1ccccc1. The van der Waals surface area contributed by atoms with E-state index in [4.69, 9.17) is 16.3 Å². The Hall–Kier alpha value is -1.94. The van der Waals surface area contributed by atoms with Crippen molar-refractivity contribution in [2.24, 2.45) is 11.8 Å². The summed E-state index contributed by atoms with van der Waals surface area (Å²) in [6, 6.07) is 10.4. The van der Waals surface area contributed by atoms with Crippen LogP contribution >= 0.6 is 11.6 Å². The van der Waals surface area contributed by atoms with Gasteiger partial charge in [0.2, 0.25) is 11.2 Å². The monoisotopic (exact) mass is 356 g/mol. The number of benzene rings is 1. The van der Waals surface area contributed by atoms with Crippen LogP contribution < -0.4 is 4.74 Å². The number of fused-ring (bicyclic) bond motifs is 3. The second kappa shape index (κ2) is 6.10. The number of nitrogens with zero attached hydrogens (tertiary/aromatic N) is 2. The van der Waals surface area contributed by atoms with Crippen LogP contribution in [0.15, 0.2) is 30.3 Å². The fourth-order valence-electron chi connectivity index (χ4n) is 4.91. The number of halogens is 1. The highest BCUT2D eigenvalue weighted by Crippen LogP contribution is 2.55. The molecule has 0 N–H and O–H groups in total. The predicted octanol–water partition coefficient (Wildman–Crippen LogP) is 3.99. The van der Waals surface area contributed by atoms with Gasteiger partial charge in [0.25, 0.3) is 0 Å². The number of carbonyl (C=O) groups is 1. The van der Waals surface area contributed by atoms with Crippen LogP contribution in [-0.4, -0.2) is 22.9 Å². The third-order valence-corrected chi connectivity index (χ3v) is 6.23. The number of hydrogen-bond donors (Lipinski definition) is 0. The smallest absolute Gasteiger partial charge is 0.225 e. The molecule has 4 nitrogen and oxygen atoms in total. The zero-order chi connectivity index (χ0) is 17.6. The van der Waals surface area contributed by atoms with Crippen LogP contribution in [0.5, 0.6) is 5.88 Å². The van der Waals surface area contributed by atoms with Gasteiger partial charge in [-0.3, -0.25) is 4.79 Å². The van der Waals surface area contributed by atoms with Crippen molar-refractivity contribution < 1.29 is 9.53 Å². The molecule has 2 aliphatic rings. The van der Waals surface area contributed by atoms with Crippen molar-refractivity contribution in [3.05, 3.63) is 52.4 Å². The van der Waals surface area contributed by atoms with Crippen molar-refractivity contribution in [1.29, 1.82) is 0 Å². The van der Waals surface area contributed by atoms with Crippen LogP contribution in [-0.2, 0) is 16.6 Å². The number of ketones is 1. The van der Waals surface area contributed by atoms with Gasteiger partial charge in [-0.05, 0) is 42.3 Å². The molecule has 2 aromatic rings. The van der Waals surface area contributed by atoms with Crippen LogP contribution in [0.4, 0.5) is 0 Å². The van der Waals surface area contributed by atoms with Crippen molar-refractivity contribution in [2.45, 2.75) is 38.0 Å². The van der Waals surface area contributed by atoms with Crippen molar-refractivity contribution in [1.82, 2.24) is 9.97 Å². The molecule has 1 saturated carbocycles. The molecule has 0 spiro atoms. The quantitative estimate of drug-likeness (QED) is 0.763. The summed E-state index contributed by atoms with van der Waals surface area (Å²) in [4.78, 5) is 21.4. The Balaban J connectivity index is 2.01. The van der Waals surface area contributed by atoms with E-state index in [1.165, 1.54) is 5.56 Å². The van der Waals surface area contributed by atoms with Gasteiger partial charge >= 0.3 is 0 Å². The summed E-state index contributed by atoms with van der Waals surface area (Å²) in [6.45, 7) is 2.06. The number of hydrogen-bond acceptors (Lipinski definition) is 4. The minimum absolute atomic E-state index is 0.0156. The van der Waals surface area contributed by atoms with Gasteiger partial charge < -0.3 is 4.74 Å². The number of carbonyl (C=O) groups excluding carboxylic acids is 1. The number of ether oxygens (including phenoxy) is 1. The maximum atomic E-state index is 12.4. The van der Waals surface area contributed by atoms with Gasteiger partial charge in [0.05, 0.1) is 12.8 Å². The van der Waals surface area contributed by atoms with Crippen molar-refractivity contribution in [2.75, 3.05) is 7.11 Å². The number of rotatable bonds is 2. The lowest BCUT2D eigenvalue weighted by Gasteiger charge is -2.50. The zero-order valence-electron chi connectivity index (χ0n) is 14.5. The Kier molecular flexibility index (Phi) is 4.03. The topological polar surface area (TPSA) is 52.1 Å².